The number of methoxy groups -OCH3 is 1. The van der Waals surface area contributed by atoms with E-state index in [9.17, 15) is 9.90 Å². The summed E-state index contributed by atoms with van der Waals surface area (Å²) < 4.78 is 12.1. The number of aliphatic carboxylic acids is 1. The lowest BCUT2D eigenvalue weighted by Crippen LogP contribution is -2.37. The van der Waals surface area contributed by atoms with E-state index in [1.165, 1.54) is 11.1 Å². The van der Waals surface area contributed by atoms with Crippen molar-refractivity contribution in [3.63, 3.8) is 0 Å². The highest BCUT2D eigenvalue weighted by Gasteiger charge is 2.39. The van der Waals surface area contributed by atoms with Gasteiger partial charge < -0.3 is 14.6 Å². The van der Waals surface area contributed by atoms with Crippen molar-refractivity contribution in [2.75, 3.05) is 14.2 Å². The molecule has 0 amide bonds. The van der Waals surface area contributed by atoms with Gasteiger partial charge in [-0.05, 0) is 111 Å². The van der Waals surface area contributed by atoms with Gasteiger partial charge in [-0.1, -0.05) is 37.3 Å². The van der Waals surface area contributed by atoms with Crippen LogP contribution in [-0.4, -0.2) is 40.7 Å². The third kappa shape index (κ3) is 6.02. The first-order valence-electron chi connectivity index (χ1n) is 14.4. The Kier molecular flexibility index (Phi) is 7.92. The Balaban J connectivity index is 1.46. The van der Waals surface area contributed by atoms with E-state index in [1.807, 2.05) is 19.1 Å². The molecular formula is C34H42N2O4. The van der Waals surface area contributed by atoms with E-state index in [1.54, 1.807) is 13.3 Å². The molecule has 212 valence electrons. The van der Waals surface area contributed by atoms with Gasteiger partial charge in [-0.3, -0.25) is 9.69 Å². The molecule has 3 atom stereocenters. The smallest absolute Gasteiger partial charge is 0.306 e. The number of aryl methyl sites for hydroxylation is 1. The van der Waals surface area contributed by atoms with Gasteiger partial charge in [-0.2, -0.15) is 0 Å². The second-order valence-corrected chi connectivity index (χ2v) is 12.5. The summed E-state index contributed by atoms with van der Waals surface area (Å²) in [6, 6.07) is 17.1. The number of benzene rings is 2. The van der Waals surface area contributed by atoms with Gasteiger partial charge in [-0.25, -0.2) is 4.98 Å². The molecule has 0 spiro atoms. The Morgan fingerprint density at radius 1 is 1.12 bits per heavy atom. The first-order chi connectivity index (χ1) is 19.0. The third-order valence-electron chi connectivity index (χ3n) is 8.79. The molecule has 1 aliphatic heterocycles. The minimum Gasteiger partial charge on any atom is -0.485 e. The zero-order valence-corrected chi connectivity index (χ0v) is 24.6. The van der Waals surface area contributed by atoms with Gasteiger partial charge in [0.25, 0.3) is 0 Å². The maximum atomic E-state index is 11.9. The Morgan fingerprint density at radius 3 is 2.58 bits per heavy atom. The van der Waals surface area contributed by atoms with Crippen molar-refractivity contribution in [1.82, 2.24) is 9.88 Å². The van der Waals surface area contributed by atoms with Crippen LogP contribution in [0.3, 0.4) is 0 Å². The highest BCUT2D eigenvalue weighted by Crippen LogP contribution is 2.48. The predicted octanol–water partition coefficient (Wildman–Crippen LogP) is 7.27. The molecule has 5 rings (SSSR count). The second-order valence-electron chi connectivity index (χ2n) is 12.5. The van der Waals surface area contributed by atoms with Gasteiger partial charge in [0.2, 0.25) is 5.88 Å². The molecule has 3 aromatic rings. The lowest BCUT2D eigenvalue weighted by molar-refractivity contribution is -0.142. The fraction of sp³-hybridized carbons (Fsp3) is 0.471. The van der Waals surface area contributed by atoms with E-state index >= 15 is 0 Å². The summed E-state index contributed by atoms with van der Waals surface area (Å²) in [7, 11) is 3.80. The average Bonchev–Trinajstić information content (AvgIpc) is 3.77. The maximum Gasteiger partial charge on any atom is 0.306 e. The second kappa shape index (κ2) is 11.2. The molecule has 2 aliphatic rings. The summed E-state index contributed by atoms with van der Waals surface area (Å²) in [5, 5.41) is 9.75. The number of hydrogen-bond acceptors (Lipinski definition) is 5. The van der Waals surface area contributed by atoms with Crippen molar-refractivity contribution in [2.45, 2.75) is 77.5 Å². The molecule has 2 aromatic carbocycles. The largest absolute Gasteiger partial charge is 0.485 e. The molecule has 1 aromatic heterocycles. The van der Waals surface area contributed by atoms with Crippen LogP contribution in [0.4, 0.5) is 0 Å². The normalized spacial score (nSPS) is 18.5. The Hall–Kier alpha value is -3.38. The van der Waals surface area contributed by atoms with E-state index in [0.29, 0.717) is 11.8 Å². The van der Waals surface area contributed by atoms with E-state index in [4.69, 9.17) is 9.47 Å². The van der Waals surface area contributed by atoms with Crippen molar-refractivity contribution in [3.05, 3.63) is 77.0 Å². The summed E-state index contributed by atoms with van der Waals surface area (Å²) in [5.74, 6) is 0.836. The third-order valence-corrected chi connectivity index (χ3v) is 8.79. The number of pyridine rings is 1. The molecule has 0 bridgehead atoms. The molecule has 0 radical (unpaired) electrons. The Labute approximate surface area is 238 Å². The Bertz CT molecular complexity index is 1370. The summed E-state index contributed by atoms with van der Waals surface area (Å²) in [6.45, 7) is 9.31. The number of aromatic nitrogens is 1. The van der Waals surface area contributed by atoms with Gasteiger partial charge in [0, 0.05) is 24.3 Å². The van der Waals surface area contributed by atoms with Crippen LogP contribution >= 0.6 is 0 Å². The summed E-state index contributed by atoms with van der Waals surface area (Å²) in [5.41, 5.74) is 6.94. The molecule has 0 saturated heterocycles. The highest BCUT2D eigenvalue weighted by molar-refractivity contribution is 5.71. The van der Waals surface area contributed by atoms with Crippen LogP contribution < -0.4 is 9.47 Å². The van der Waals surface area contributed by atoms with Gasteiger partial charge in [0.15, 0.2) is 0 Å². The summed E-state index contributed by atoms with van der Waals surface area (Å²) >= 11 is 0. The molecule has 1 saturated carbocycles. The number of nitrogens with zero attached hydrogens (tertiary/aromatic N) is 2. The predicted molar refractivity (Wildman–Crippen MR) is 158 cm³/mol. The van der Waals surface area contributed by atoms with Crippen LogP contribution in [0.25, 0.3) is 11.1 Å². The number of carboxylic acids is 1. The van der Waals surface area contributed by atoms with Crippen LogP contribution in [0.1, 0.15) is 81.2 Å². The van der Waals surface area contributed by atoms with Crippen molar-refractivity contribution in [2.24, 2.45) is 11.8 Å². The standard InChI is InChI=1S/C34H42N2O4/c1-21(33(37)38)32(23-8-9-23)26-10-7-22-12-14-29(40-30(22)18-26)25-11-13-28(24-15-16-35-31(19-24)39-6)27(17-25)20-36(5)34(2,3)4/h7,10-11,13,15-19,21,23,29,32H,8-9,12,14,20H2,1-6H3,(H,37,38)/t21-,29+,32+/m1/s1. The maximum absolute atomic E-state index is 11.9. The van der Waals surface area contributed by atoms with Gasteiger partial charge in [-0.15, -0.1) is 0 Å². The Morgan fingerprint density at radius 2 is 1.90 bits per heavy atom. The average molecular weight is 543 g/mol. The van der Waals surface area contributed by atoms with E-state index in [-0.39, 0.29) is 17.6 Å². The number of hydrogen-bond donors (Lipinski definition) is 1. The van der Waals surface area contributed by atoms with Crippen LogP contribution in [0.2, 0.25) is 0 Å². The number of carboxylic acid groups (broad SMARTS) is 1. The topological polar surface area (TPSA) is 71.9 Å². The minimum absolute atomic E-state index is 0.0189. The monoisotopic (exact) mass is 542 g/mol. The van der Waals surface area contributed by atoms with Crippen molar-refractivity contribution >= 4 is 5.97 Å². The quantitative estimate of drug-likeness (QED) is 0.307. The summed E-state index contributed by atoms with van der Waals surface area (Å²) in [6.07, 6.45) is 5.77. The number of rotatable bonds is 9. The van der Waals surface area contributed by atoms with Gasteiger partial charge in [0.05, 0.1) is 13.0 Å². The molecule has 2 heterocycles. The molecule has 1 aliphatic carbocycles. The fourth-order valence-electron chi connectivity index (χ4n) is 5.81. The molecule has 6 nitrogen and oxygen atoms in total. The molecule has 1 N–H and O–H groups in total. The fourth-order valence-corrected chi connectivity index (χ4v) is 5.81. The minimum atomic E-state index is -0.729. The molecular weight excluding hydrogens is 500 g/mol. The van der Waals surface area contributed by atoms with E-state index in [0.717, 1.165) is 60.2 Å². The zero-order chi connectivity index (χ0) is 28.6. The van der Waals surface area contributed by atoms with Crippen LogP contribution in [0.15, 0.2) is 54.7 Å². The lowest BCUT2D eigenvalue weighted by Gasteiger charge is -2.33. The molecule has 1 fully saturated rings. The first-order valence-corrected chi connectivity index (χ1v) is 14.4. The summed E-state index contributed by atoms with van der Waals surface area (Å²) in [4.78, 5) is 18.5. The van der Waals surface area contributed by atoms with Gasteiger partial charge in [0.1, 0.15) is 11.9 Å². The highest BCUT2D eigenvalue weighted by atomic mass is 16.5. The van der Waals surface area contributed by atoms with E-state index in [2.05, 4.69) is 74.1 Å². The van der Waals surface area contributed by atoms with Crippen molar-refractivity contribution in [1.29, 1.82) is 0 Å². The SMILES string of the molecule is COc1cc(-c2ccc([C@@H]3CCc4ccc([C@H](C5CC5)[C@@H](C)C(=O)O)cc4O3)cc2CN(C)C(C)(C)C)ccn1. The van der Waals surface area contributed by atoms with Crippen molar-refractivity contribution in [3.8, 4) is 22.8 Å². The lowest BCUT2D eigenvalue weighted by atomic mass is 9.82. The van der Waals surface area contributed by atoms with Crippen LogP contribution in [0, 0.1) is 11.8 Å². The van der Waals surface area contributed by atoms with Crippen molar-refractivity contribution < 1.29 is 19.4 Å². The number of fused-ring (bicyclic) bond motifs is 1. The number of ether oxygens (including phenoxy) is 2. The first kappa shape index (κ1) is 28.2. The van der Waals surface area contributed by atoms with Crippen LogP contribution in [-0.2, 0) is 17.8 Å². The van der Waals surface area contributed by atoms with Gasteiger partial charge >= 0.3 is 5.97 Å². The molecule has 40 heavy (non-hydrogen) atoms. The molecule has 6 heteroatoms. The van der Waals surface area contributed by atoms with E-state index < -0.39 is 11.9 Å². The number of carbonyl (C=O) groups is 1. The zero-order valence-electron chi connectivity index (χ0n) is 24.6. The van der Waals surface area contributed by atoms with Crippen LogP contribution in [0.5, 0.6) is 11.6 Å². The molecule has 0 unspecified atom stereocenters.